The Morgan fingerprint density at radius 1 is 0.767 bits per heavy atom. The summed E-state index contributed by atoms with van der Waals surface area (Å²) in [5.74, 6) is -5.21. The zero-order valence-corrected chi connectivity index (χ0v) is 25.9. The second-order valence-electron chi connectivity index (χ2n) is 11.6. The molecule has 0 saturated carbocycles. The molecule has 0 amide bonds. The average molecular weight is 623 g/mol. The van der Waals surface area contributed by atoms with Gasteiger partial charge in [0.05, 0.1) is 19.1 Å². The van der Waals surface area contributed by atoms with E-state index in [2.05, 4.69) is 0 Å². The van der Waals surface area contributed by atoms with Gasteiger partial charge in [-0.25, -0.2) is 0 Å². The van der Waals surface area contributed by atoms with Gasteiger partial charge < -0.3 is 54.0 Å². The number of aliphatic hydroxyl groups is 5. The highest BCUT2D eigenvalue weighted by molar-refractivity contribution is 5.73. The Kier molecular flexibility index (Phi) is 14.7. The van der Waals surface area contributed by atoms with E-state index in [0.29, 0.717) is 19.3 Å². The van der Waals surface area contributed by atoms with Crippen molar-refractivity contribution in [3.05, 3.63) is 0 Å². The van der Waals surface area contributed by atoms with Gasteiger partial charge in [-0.15, -0.1) is 0 Å². The summed E-state index contributed by atoms with van der Waals surface area (Å²) in [7, 11) is 0. The number of rotatable bonds is 16. The van der Waals surface area contributed by atoms with E-state index in [1.54, 1.807) is 13.8 Å². The van der Waals surface area contributed by atoms with Crippen LogP contribution in [-0.2, 0) is 42.8 Å². The lowest BCUT2D eigenvalue weighted by Gasteiger charge is -2.46. The fraction of sp³-hybridized carbons (Fsp3) is 0.897. The van der Waals surface area contributed by atoms with Crippen molar-refractivity contribution in [3.8, 4) is 0 Å². The molecule has 2 fully saturated rings. The molecule has 5 N–H and O–H groups in total. The molecule has 3 unspecified atom stereocenters. The minimum Gasteiger partial charge on any atom is -0.455 e. The van der Waals surface area contributed by atoms with E-state index in [4.69, 9.17) is 28.4 Å². The molecule has 0 aromatic heterocycles. The van der Waals surface area contributed by atoms with Crippen LogP contribution >= 0.6 is 0 Å². The van der Waals surface area contributed by atoms with Crippen molar-refractivity contribution in [2.24, 2.45) is 17.8 Å². The van der Waals surface area contributed by atoms with Gasteiger partial charge in [-0.2, -0.15) is 0 Å². The minimum absolute atomic E-state index is 0.0179. The number of aliphatic hydroxyl groups excluding tert-OH is 5. The third-order valence-electron chi connectivity index (χ3n) is 8.22. The van der Waals surface area contributed by atoms with Crippen LogP contribution in [0.2, 0.25) is 0 Å². The highest BCUT2D eigenvalue weighted by atomic mass is 16.8. The maximum Gasteiger partial charge on any atom is 0.309 e. The Morgan fingerprint density at radius 3 is 1.74 bits per heavy atom. The number of hydrogen-bond donors (Lipinski definition) is 5. The predicted molar refractivity (Wildman–Crippen MR) is 148 cm³/mol. The van der Waals surface area contributed by atoms with Crippen LogP contribution in [0.15, 0.2) is 0 Å². The predicted octanol–water partition coefficient (Wildman–Crippen LogP) is 0.176. The molecule has 0 aliphatic carbocycles. The van der Waals surface area contributed by atoms with E-state index in [1.807, 2.05) is 27.7 Å². The molecule has 2 aliphatic heterocycles. The van der Waals surface area contributed by atoms with Crippen molar-refractivity contribution in [2.75, 3.05) is 19.8 Å². The summed E-state index contributed by atoms with van der Waals surface area (Å²) in [6.07, 6.45) is -11.0. The van der Waals surface area contributed by atoms with Gasteiger partial charge in [0, 0.05) is 12.8 Å². The van der Waals surface area contributed by atoms with Crippen LogP contribution in [0, 0.1) is 17.8 Å². The van der Waals surface area contributed by atoms with Crippen LogP contribution in [-0.4, -0.2) is 118 Å². The third-order valence-corrected chi connectivity index (χ3v) is 8.22. The lowest BCUT2D eigenvalue weighted by Crippen LogP contribution is -2.65. The van der Waals surface area contributed by atoms with Gasteiger partial charge >= 0.3 is 17.9 Å². The van der Waals surface area contributed by atoms with Gasteiger partial charge in [0.2, 0.25) is 12.1 Å². The summed E-state index contributed by atoms with van der Waals surface area (Å²) in [6.45, 7) is 8.31. The molecule has 0 spiro atoms. The fourth-order valence-electron chi connectivity index (χ4n) is 4.66. The summed E-state index contributed by atoms with van der Waals surface area (Å²) in [5.41, 5.74) is 0. The molecule has 0 radical (unpaired) electrons. The first-order valence-electron chi connectivity index (χ1n) is 15.1. The van der Waals surface area contributed by atoms with Crippen molar-refractivity contribution >= 4 is 17.9 Å². The standard InChI is InChI=1S/C29H50O14/c1-7-15(4)10-20(33)39-23-19(13-31)38-28(43-29(14-32)26(36)22(35)18(12-30)42-29)25(41-27(37)17(6)9-3)24(23)40-21(34)11-16(5)8-2/h15-19,22-26,28,30-32,35-36H,7-14H2,1-6H3/t15?,16?,17?,18-,19-,22-,23-,24+,25-,26+,28-,29+/m1/s1. The zero-order chi connectivity index (χ0) is 32.5. The molecule has 14 heteroatoms. The summed E-state index contributed by atoms with van der Waals surface area (Å²) in [6, 6.07) is 0. The number of ether oxygens (including phenoxy) is 6. The van der Waals surface area contributed by atoms with Crippen LogP contribution < -0.4 is 0 Å². The summed E-state index contributed by atoms with van der Waals surface area (Å²) >= 11 is 0. The van der Waals surface area contributed by atoms with Crippen molar-refractivity contribution < 1.29 is 68.3 Å². The third kappa shape index (κ3) is 9.30. The Labute approximate surface area is 252 Å². The van der Waals surface area contributed by atoms with Gasteiger partial charge in [0.15, 0.2) is 18.3 Å². The van der Waals surface area contributed by atoms with Crippen LogP contribution in [0.4, 0.5) is 0 Å². The van der Waals surface area contributed by atoms with Gasteiger partial charge in [0.1, 0.15) is 31.0 Å². The van der Waals surface area contributed by atoms with E-state index in [-0.39, 0.29) is 24.7 Å². The Bertz CT molecular complexity index is 900. The lowest BCUT2D eigenvalue weighted by atomic mass is 9.96. The van der Waals surface area contributed by atoms with E-state index in [1.165, 1.54) is 0 Å². The van der Waals surface area contributed by atoms with E-state index in [9.17, 15) is 39.9 Å². The average Bonchev–Trinajstić information content (AvgIpc) is 3.23. The second-order valence-corrected chi connectivity index (χ2v) is 11.6. The van der Waals surface area contributed by atoms with Crippen LogP contribution in [0.5, 0.6) is 0 Å². The molecule has 250 valence electrons. The number of carbonyl (C=O) groups is 3. The molecule has 2 rings (SSSR count). The quantitative estimate of drug-likeness (QED) is 0.115. The highest BCUT2D eigenvalue weighted by Gasteiger charge is 2.60. The van der Waals surface area contributed by atoms with Gasteiger partial charge in [-0.3, -0.25) is 14.4 Å². The Balaban J connectivity index is 2.58. The topological polar surface area (TPSA) is 208 Å². The molecular weight excluding hydrogens is 572 g/mol. The molecule has 2 saturated heterocycles. The van der Waals surface area contributed by atoms with Crippen molar-refractivity contribution in [2.45, 2.75) is 128 Å². The number of carbonyl (C=O) groups excluding carboxylic acids is 3. The molecule has 14 nitrogen and oxygen atoms in total. The molecule has 12 atom stereocenters. The maximum atomic E-state index is 13.1. The Morgan fingerprint density at radius 2 is 1.30 bits per heavy atom. The van der Waals surface area contributed by atoms with Gasteiger partial charge in [0.25, 0.3) is 0 Å². The summed E-state index contributed by atoms with van der Waals surface area (Å²) in [5, 5.41) is 51.2. The largest absolute Gasteiger partial charge is 0.455 e. The Hall–Kier alpha value is -1.91. The van der Waals surface area contributed by atoms with Crippen molar-refractivity contribution in [3.63, 3.8) is 0 Å². The van der Waals surface area contributed by atoms with Gasteiger partial charge in [-0.05, 0) is 18.3 Å². The van der Waals surface area contributed by atoms with E-state index >= 15 is 0 Å². The molecule has 0 aromatic rings. The minimum atomic E-state index is -2.37. The SMILES string of the molecule is CCC(C)CC(=O)O[C@@H]1[C@@H](OC(=O)C(C)CC)[C@@H](O[C@]2(CO)O[C@H](CO)[C@@H](O)[C@@H]2O)O[C@H](CO)[C@H]1OC(=O)CC(C)CC. The molecular formula is C29H50O14. The van der Waals surface area contributed by atoms with Gasteiger partial charge in [-0.1, -0.05) is 54.4 Å². The molecule has 2 aliphatic rings. The lowest BCUT2D eigenvalue weighted by molar-refractivity contribution is -0.384. The van der Waals surface area contributed by atoms with Crippen LogP contribution in [0.3, 0.4) is 0 Å². The van der Waals surface area contributed by atoms with Crippen molar-refractivity contribution in [1.29, 1.82) is 0 Å². The first-order valence-corrected chi connectivity index (χ1v) is 15.1. The highest BCUT2D eigenvalue weighted by Crippen LogP contribution is 2.38. The number of esters is 3. The smallest absolute Gasteiger partial charge is 0.309 e. The second kappa shape index (κ2) is 17.0. The summed E-state index contributed by atoms with van der Waals surface area (Å²) in [4.78, 5) is 39.1. The first kappa shape index (κ1) is 37.3. The fourth-order valence-corrected chi connectivity index (χ4v) is 4.66. The maximum absolute atomic E-state index is 13.1. The molecule has 0 aromatic carbocycles. The molecule has 2 heterocycles. The molecule has 0 bridgehead atoms. The zero-order valence-electron chi connectivity index (χ0n) is 25.9. The van der Waals surface area contributed by atoms with Crippen molar-refractivity contribution in [1.82, 2.24) is 0 Å². The molecule has 43 heavy (non-hydrogen) atoms. The van der Waals surface area contributed by atoms with Crippen LogP contribution in [0.25, 0.3) is 0 Å². The summed E-state index contributed by atoms with van der Waals surface area (Å²) < 4.78 is 34.5. The normalized spacial score (nSPS) is 34.7. The first-order chi connectivity index (χ1) is 20.3. The monoisotopic (exact) mass is 622 g/mol. The van der Waals surface area contributed by atoms with E-state index in [0.717, 1.165) is 0 Å². The number of hydrogen-bond acceptors (Lipinski definition) is 14. The van der Waals surface area contributed by atoms with E-state index < -0.39 is 98.5 Å². The van der Waals surface area contributed by atoms with Crippen LogP contribution in [0.1, 0.15) is 73.6 Å².